The number of oxime groups is 1. The van der Waals surface area contributed by atoms with Crippen molar-refractivity contribution in [2.75, 3.05) is 7.11 Å². The largest absolute Gasteiger partial charge is 0.497 e. The second-order valence-corrected chi connectivity index (χ2v) is 3.95. The highest BCUT2D eigenvalue weighted by atomic mass is 16.5. The fraction of sp³-hybridized carbons (Fsp3) is 0.133. The smallest absolute Gasteiger partial charge is 0.119 e. The van der Waals surface area contributed by atoms with Gasteiger partial charge in [0.05, 0.1) is 13.3 Å². The minimum Gasteiger partial charge on any atom is -0.497 e. The SMILES string of the molecule is COc1ccc(COc2ccc(/C=N/O)cc2)cc1. The zero-order valence-corrected chi connectivity index (χ0v) is 10.6. The summed E-state index contributed by atoms with van der Waals surface area (Å²) in [6.07, 6.45) is 1.37. The summed E-state index contributed by atoms with van der Waals surface area (Å²) in [5.41, 5.74) is 1.89. The predicted molar refractivity (Wildman–Crippen MR) is 73.1 cm³/mol. The monoisotopic (exact) mass is 257 g/mol. The van der Waals surface area contributed by atoms with Crippen LogP contribution in [0.5, 0.6) is 11.5 Å². The van der Waals surface area contributed by atoms with Crippen molar-refractivity contribution in [1.29, 1.82) is 0 Å². The van der Waals surface area contributed by atoms with E-state index in [-0.39, 0.29) is 0 Å². The Bertz CT molecular complexity index is 532. The van der Waals surface area contributed by atoms with Gasteiger partial charge in [-0.1, -0.05) is 17.3 Å². The molecule has 0 amide bonds. The Kier molecular flexibility index (Phi) is 4.39. The molecule has 0 saturated heterocycles. The summed E-state index contributed by atoms with van der Waals surface area (Å²) < 4.78 is 10.7. The van der Waals surface area contributed by atoms with E-state index in [1.807, 2.05) is 48.5 Å². The first-order valence-electron chi connectivity index (χ1n) is 5.85. The molecule has 0 spiro atoms. The minimum absolute atomic E-state index is 0.497. The van der Waals surface area contributed by atoms with Gasteiger partial charge in [-0.25, -0.2) is 0 Å². The molecule has 0 aromatic heterocycles. The standard InChI is InChI=1S/C15H15NO3/c1-18-14-6-4-13(5-7-14)11-19-15-8-2-12(3-9-15)10-16-17/h2-10,17H,11H2,1H3/b16-10+. The molecule has 19 heavy (non-hydrogen) atoms. The van der Waals surface area contributed by atoms with Gasteiger partial charge in [-0.15, -0.1) is 0 Å². The van der Waals surface area contributed by atoms with Crippen LogP contribution in [0.25, 0.3) is 0 Å². The van der Waals surface area contributed by atoms with Gasteiger partial charge in [-0.3, -0.25) is 0 Å². The highest BCUT2D eigenvalue weighted by molar-refractivity contribution is 5.79. The fourth-order valence-corrected chi connectivity index (χ4v) is 1.61. The molecule has 1 N–H and O–H groups in total. The average Bonchev–Trinajstić information content (AvgIpc) is 2.47. The quantitative estimate of drug-likeness (QED) is 0.508. The second kappa shape index (κ2) is 6.44. The van der Waals surface area contributed by atoms with Crippen LogP contribution in [0.4, 0.5) is 0 Å². The van der Waals surface area contributed by atoms with Gasteiger partial charge in [0.15, 0.2) is 0 Å². The van der Waals surface area contributed by atoms with Crippen molar-refractivity contribution < 1.29 is 14.7 Å². The van der Waals surface area contributed by atoms with E-state index in [1.165, 1.54) is 6.21 Å². The molecule has 0 heterocycles. The first-order chi connectivity index (χ1) is 9.31. The molecule has 0 aliphatic heterocycles. The predicted octanol–water partition coefficient (Wildman–Crippen LogP) is 3.08. The molecule has 0 fully saturated rings. The summed E-state index contributed by atoms with van der Waals surface area (Å²) in [5.74, 6) is 1.60. The topological polar surface area (TPSA) is 51.0 Å². The third kappa shape index (κ3) is 3.74. The maximum absolute atomic E-state index is 8.41. The van der Waals surface area contributed by atoms with Crippen LogP contribution >= 0.6 is 0 Å². The maximum Gasteiger partial charge on any atom is 0.119 e. The van der Waals surface area contributed by atoms with E-state index in [0.717, 1.165) is 22.6 Å². The van der Waals surface area contributed by atoms with Gasteiger partial charge >= 0.3 is 0 Å². The van der Waals surface area contributed by atoms with Crippen LogP contribution in [-0.4, -0.2) is 18.5 Å². The molecule has 2 aromatic carbocycles. The molecule has 4 heteroatoms. The Morgan fingerprint density at radius 2 is 1.63 bits per heavy atom. The summed E-state index contributed by atoms with van der Waals surface area (Å²) in [7, 11) is 1.64. The average molecular weight is 257 g/mol. The Labute approximate surface area is 111 Å². The molecule has 0 radical (unpaired) electrons. The van der Waals surface area contributed by atoms with Gasteiger partial charge in [-0.05, 0) is 47.5 Å². The van der Waals surface area contributed by atoms with E-state index in [9.17, 15) is 0 Å². The minimum atomic E-state index is 0.497. The molecular weight excluding hydrogens is 242 g/mol. The fourth-order valence-electron chi connectivity index (χ4n) is 1.61. The second-order valence-electron chi connectivity index (χ2n) is 3.95. The summed E-state index contributed by atoms with van der Waals surface area (Å²) in [6, 6.07) is 15.0. The molecule has 2 rings (SSSR count). The van der Waals surface area contributed by atoms with E-state index in [4.69, 9.17) is 14.7 Å². The number of benzene rings is 2. The van der Waals surface area contributed by atoms with Crippen molar-refractivity contribution in [2.24, 2.45) is 5.16 Å². The summed E-state index contributed by atoms with van der Waals surface area (Å²) >= 11 is 0. The third-order valence-corrected chi connectivity index (χ3v) is 2.65. The Morgan fingerprint density at radius 3 is 2.21 bits per heavy atom. The van der Waals surface area contributed by atoms with Crippen molar-refractivity contribution in [1.82, 2.24) is 0 Å². The van der Waals surface area contributed by atoms with Crippen LogP contribution < -0.4 is 9.47 Å². The van der Waals surface area contributed by atoms with Crippen LogP contribution in [0.2, 0.25) is 0 Å². The summed E-state index contributed by atoms with van der Waals surface area (Å²) in [5, 5.41) is 11.4. The van der Waals surface area contributed by atoms with Crippen molar-refractivity contribution in [3.63, 3.8) is 0 Å². The number of rotatable bonds is 5. The van der Waals surface area contributed by atoms with E-state index < -0.39 is 0 Å². The Hall–Kier alpha value is -2.49. The van der Waals surface area contributed by atoms with Gasteiger partial charge in [0.1, 0.15) is 18.1 Å². The summed E-state index contributed by atoms with van der Waals surface area (Å²) in [6.45, 7) is 0.497. The molecule has 0 atom stereocenters. The molecular formula is C15H15NO3. The number of ether oxygens (including phenoxy) is 2. The van der Waals surface area contributed by atoms with Gasteiger partial charge in [0.25, 0.3) is 0 Å². The van der Waals surface area contributed by atoms with Crippen molar-refractivity contribution >= 4 is 6.21 Å². The van der Waals surface area contributed by atoms with Gasteiger partial charge in [-0.2, -0.15) is 0 Å². The first kappa shape index (κ1) is 13.0. The molecule has 98 valence electrons. The number of nitrogens with zero attached hydrogens (tertiary/aromatic N) is 1. The molecule has 0 saturated carbocycles. The van der Waals surface area contributed by atoms with Crippen LogP contribution in [0.15, 0.2) is 53.7 Å². The Morgan fingerprint density at radius 1 is 1.00 bits per heavy atom. The zero-order valence-electron chi connectivity index (χ0n) is 10.6. The normalized spacial score (nSPS) is 10.6. The van der Waals surface area contributed by atoms with E-state index in [2.05, 4.69) is 5.16 Å². The van der Waals surface area contributed by atoms with Crippen molar-refractivity contribution in [3.8, 4) is 11.5 Å². The molecule has 0 aliphatic rings. The lowest BCUT2D eigenvalue weighted by Gasteiger charge is -2.07. The van der Waals surface area contributed by atoms with Gasteiger partial charge < -0.3 is 14.7 Å². The van der Waals surface area contributed by atoms with Crippen LogP contribution in [-0.2, 0) is 6.61 Å². The summed E-state index contributed by atoms with van der Waals surface area (Å²) in [4.78, 5) is 0. The molecule has 0 unspecified atom stereocenters. The lowest BCUT2D eigenvalue weighted by Crippen LogP contribution is -1.95. The van der Waals surface area contributed by atoms with Crippen LogP contribution in [0.3, 0.4) is 0 Å². The van der Waals surface area contributed by atoms with Gasteiger partial charge in [0, 0.05) is 0 Å². The van der Waals surface area contributed by atoms with E-state index in [0.29, 0.717) is 6.61 Å². The van der Waals surface area contributed by atoms with Crippen LogP contribution in [0.1, 0.15) is 11.1 Å². The molecule has 2 aromatic rings. The molecule has 0 bridgehead atoms. The highest BCUT2D eigenvalue weighted by Crippen LogP contribution is 2.15. The third-order valence-electron chi connectivity index (χ3n) is 2.65. The molecule has 4 nitrogen and oxygen atoms in total. The van der Waals surface area contributed by atoms with E-state index in [1.54, 1.807) is 7.11 Å². The number of hydrogen-bond donors (Lipinski definition) is 1. The Balaban J connectivity index is 1.93. The lowest BCUT2D eigenvalue weighted by atomic mass is 10.2. The highest BCUT2D eigenvalue weighted by Gasteiger charge is 1.97. The van der Waals surface area contributed by atoms with E-state index >= 15 is 0 Å². The lowest BCUT2D eigenvalue weighted by molar-refractivity contribution is 0.306. The first-order valence-corrected chi connectivity index (χ1v) is 5.85. The van der Waals surface area contributed by atoms with Crippen molar-refractivity contribution in [3.05, 3.63) is 59.7 Å². The number of hydrogen-bond acceptors (Lipinski definition) is 4. The molecule has 0 aliphatic carbocycles. The zero-order chi connectivity index (χ0) is 13.5. The number of methoxy groups -OCH3 is 1. The van der Waals surface area contributed by atoms with Gasteiger partial charge in [0.2, 0.25) is 0 Å². The maximum atomic E-state index is 8.41. The van der Waals surface area contributed by atoms with Crippen LogP contribution in [0, 0.1) is 0 Å². The van der Waals surface area contributed by atoms with Crippen molar-refractivity contribution in [2.45, 2.75) is 6.61 Å².